The molecule has 4 fully saturated rings. The number of hydrogen-bond donors (Lipinski definition) is 1. The first-order valence-corrected chi connectivity index (χ1v) is 11.4. The first-order chi connectivity index (χ1) is 16.0. The van der Waals surface area contributed by atoms with E-state index in [1.165, 1.54) is 5.56 Å². The van der Waals surface area contributed by atoms with E-state index in [-0.39, 0.29) is 24.0 Å². The van der Waals surface area contributed by atoms with E-state index in [0.717, 1.165) is 36.1 Å². The van der Waals surface area contributed by atoms with Gasteiger partial charge in [-0.3, -0.25) is 4.79 Å². The van der Waals surface area contributed by atoms with Gasteiger partial charge in [0.05, 0.1) is 31.2 Å². The van der Waals surface area contributed by atoms with Crippen LogP contribution in [-0.4, -0.2) is 36.2 Å². The molecule has 1 saturated carbocycles. The van der Waals surface area contributed by atoms with E-state index in [9.17, 15) is 4.79 Å². The normalized spacial score (nSPS) is 25.5. The molecule has 33 heavy (non-hydrogen) atoms. The Labute approximate surface area is 193 Å². The molecule has 3 aliphatic heterocycles. The summed E-state index contributed by atoms with van der Waals surface area (Å²) in [5.74, 6) is 4.81. The van der Waals surface area contributed by atoms with Gasteiger partial charge in [-0.2, -0.15) is 0 Å². The topological polar surface area (TPSA) is 74.2 Å². The number of carboxylic acids is 1. The van der Waals surface area contributed by atoms with Gasteiger partial charge >= 0.3 is 5.97 Å². The number of ether oxygens (including phenoxy) is 4. The van der Waals surface area contributed by atoms with Crippen molar-refractivity contribution in [3.05, 3.63) is 65.2 Å². The molecular weight excluding hydrogens is 420 g/mol. The average Bonchev–Trinajstić information content (AvgIpc) is 3.25. The molecule has 2 aromatic carbocycles. The predicted molar refractivity (Wildman–Crippen MR) is 121 cm³/mol. The monoisotopic (exact) mass is 448 g/mol. The molecule has 1 N–H and O–H groups in total. The van der Waals surface area contributed by atoms with Gasteiger partial charge in [-0.05, 0) is 48.2 Å². The molecule has 6 heteroatoms. The summed E-state index contributed by atoms with van der Waals surface area (Å²) in [7, 11) is 0. The van der Waals surface area contributed by atoms with Crippen molar-refractivity contribution in [1.82, 2.24) is 0 Å². The van der Waals surface area contributed by atoms with Crippen molar-refractivity contribution in [2.45, 2.75) is 62.6 Å². The largest absolute Gasteiger partial charge is 0.489 e. The Morgan fingerprint density at radius 1 is 1.18 bits per heavy atom. The van der Waals surface area contributed by atoms with Crippen LogP contribution in [0.25, 0.3) is 0 Å². The standard InChI is InChI=1S/C27H28O6/c1-2-4-21(16-25(28)29)20-7-9-23(10-8-20)30-18-19-5-3-6-22(15-19)26-11-12-27(24(17-26)33-26)31-13-14-32-27/h3,5-10,15,21,24H,11-14,16-18H2,1H3,(H,28,29)/t21-,24?,26?/m0/s1. The zero-order valence-electron chi connectivity index (χ0n) is 18.7. The number of benzene rings is 2. The van der Waals surface area contributed by atoms with Gasteiger partial charge in [0.1, 0.15) is 18.5 Å². The Bertz CT molecular complexity index is 1060. The highest BCUT2D eigenvalue weighted by molar-refractivity contribution is 5.69. The third kappa shape index (κ3) is 4.24. The number of rotatable bonds is 7. The maximum absolute atomic E-state index is 11.1. The van der Waals surface area contributed by atoms with Crippen LogP contribution in [0.2, 0.25) is 0 Å². The molecule has 2 aromatic rings. The van der Waals surface area contributed by atoms with E-state index in [1.807, 2.05) is 24.3 Å². The molecule has 2 bridgehead atoms. The molecule has 3 saturated heterocycles. The fourth-order valence-electron chi connectivity index (χ4n) is 5.15. The lowest BCUT2D eigenvalue weighted by atomic mass is 9.69. The van der Waals surface area contributed by atoms with Gasteiger partial charge in [-0.1, -0.05) is 36.3 Å². The maximum atomic E-state index is 11.1. The van der Waals surface area contributed by atoms with Gasteiger partial charge in [0.25, 0.3) is 0 Å². The molecule has 172 valence electrons. The highest BCUT2D eigenvalue weighted by atomic mass is 16.8. The zero-order valence-corrected chi connectivity index (χ0v) is 18.7. The molecule has 1 aliphatic carbocycles. The second-order valence-corrected chi connectivity index (χ2v) is 8.92. The number of aliphatic carboxylic acids is 1. The van der Waals surface area contributed by atoms with Crippen LogP contribution in [0.15, 0.2) is 48.5 Å². The molecular formula is C27H28O6. The van der Waals surface area contributed by atoms with Crippen LogP contribution in [0, 0.1) is 11.8 Å². The molecule has 1 spiro atoms. The minimum atomic E-state index is -0.861. The van der Waals surface area contributed by atoms with Crippen LogP contribution in [-0.2, 0) is 31.2 Å². The Morgan fingerprint density at radius 2 is 1.94 bits per heavy atom. The lowest BCUT2D eigenvalue weighted by molar-refractivity contribution is -0.369. The molecule has 2 unspecified atom stereocenters. The van der Waals surface area contributed by atoms with Gasteiger partial charge in [-0.15, -0.1) is 5.92 Å². The first-order valence-electron chi connectivity index (χ1n) is 11.4. The Hall–Kier alpha value is -2.85. The summed E-state index contributed by atoms with van der Waals surface area (Å²) >= 11 is 0. The van der Waals surface area contributed by atoms with Crippen molar-refractivity contribution in [2.24, 2.45) is 0 Å². The van der Waals surface area contributed by atoms with Crippen LogP contribution in [0.1, 0.15) is 55.2 Å². The number of hydrogen-bond acceptors (Lipinski definition) is 5. The summed E-state index contributed by atoms with van der Waals surface area (Å²) in [5.41, 5.74) is 2.88. The quantitative estimate of drug-likeness (QED) is 0.634. The van der Waals surface area contributed by atoms with Crippen molar-refractivity contribution in [3.63, 3.8) is 0 Å². The van der Waals surface area contributed by atoms with Gasteiger partial charge < -0.3 is 24.1 Å². The van der Waals surface area contributed by atoms with Crippen molar-refractivity contribution < 1.29 is 28.8 Å². The summed E-state index contributed by atoms with van der Waals surface area (Å²) < 4.78 is 24.1. The van der Waals surface area contributed by atoms with Crippen molar-refractivity contribution in [2.75, 3.05) is 13.2 Å². The third-order valence-electron chi connectivity index (χ3n) is 6.87. The van der Waals surface area contributed by atoms with E-state index < -0.39 is 11.8 Å². The third-order valence-corrected chi connectivity index (χ3v) is 6.87. The first kappa shape index (κ1) is 22.0. The molecule has 6 rings (SSSR count). The number of fused-ring (bicyclic) bond motifs is 1. The van der Waals surface area contributed by atoms with Crippen LogP contribution < -0.4 is 4.74 Å². The molecule has 0 radical (unpaired) electrons. The van der Waals surface area contributed by atoms with Crippen molar-refractivity contribution >= 4 is 5.97 Å². The predicted octanol–water partition coefficient (Wildman–Crippen LogP) is 4.37. The highest BCUT2D eigenvalue weighted by Crippen LogP contribution is 2.57. The molecule has 3 atom stereocenters. The molecule has 6 nitrogen and oxygen atoms in total. The Morgan fingerprint density at radius 3 is 2.58 bits per heavy atom. The summed E-state index contributed by atoms with van der Waals surface area (Å²) in [6, 6.07) is 15.9. The van der Waals surface area contributed by atoms with Gasteiger partial charge in [-0.25, -0.2) is 0 Å². The summed E-state index contributed by atoms with van der Waals surface area (Å²) in [5, 5.41) is 9.11. The number of carboxylic acid groups (broad SMARTS) is 1. The van der Waals surface area contributed by atoms with Crippen LogP contribution >= 0.6 is 0 Å². The molecule has 4 aliphatic rings. The van der Waals surface area contributed by atoms with Crippen LogP contribution in [0.4, 0.5) is 0 Å². The van der Waals surface area contributed by atoms with Crippen molar-refractivity contribution in [1.29, 1.82) is 0 Å². The van der Waals surface area contributed by atoms with Crippen LogP contribution in [0.3, 0.4) is 0 Å². The molecule has 3 heterocycles. The second kappa shape index (κ2) is 8.83. The maximum Gasteiger partial charge on any atom is 0.304 e. The number of carbonyl (C=O) groups is 1. The zero-order chi connectivity index (χ0) is 22.9. The van der Waals surface area contributed by atoms with E-state index in [0.29, 0.717) is 19.8 Å². The lowest BCUT2D eigenvalue weighted by Gasteiger charge is -2.58. The van der Waals surface area contributed by atoms with Crippen molar-refractivity contribution in [3.8, 4) is 17.6 Å². The molecule has 0 amide bonds. The summed E-state index contributed by atoms with van der Waals surface area (Å²) in [6.45, 7) is 3.45. The Kier molecular flexibility index (Phi) is 5.88. The Balaban J connectivity index is 1.21. The van der Waals surface area contributed by atoms with E-state index in [4.69, 9.17) is 24.1 Å². The molecule has 0 aromatic heterocycles. The van der Waals surface area contributed by atoms with E-state index in [2.05, 4.69) is 36.1 Å². The summed E-state index contributed by atoms with van der Waals surface area (Å²) in [6.07, 6.45) is 2.65. The smallest absolute Gasteiger partial charge is 0.304 e. The highest BCUT2D eigenvalue weighted by Gasteiger charge is 2.63. The van der Waals surface area contributed by atoms with Gasteiger partial charge in [0, 0.05) is 12.8 Å². The van der Waals surface area contributed by atoms with E-state index in [1.54, 1.807) is 6.92 Å². The summed E-state index contributed by atoms with van der Waals surface area (Å²) in [4.78, 5) is 11.1. The van der Waals surface area contributed by atoms with Gasteiger partial charge in [0.15, 0.2) is 5.79 Å². The average molecular weight is 449 g/mol. The second-order valence-electron chi connectivity index (χ2n) is 8.92. The van der Waals surface area contributed by atoms with Crippen LogP contribution in [0.5, 0.6) is 5.75 Å². The van der Waals surface area contributed by atoms with E-state index >= 15 is 0 Å². The van der Waals surface area contributed by atoms with Gasteiger partial charge in [0.2, 0.25) is 0 Å². The minimum Gasteiger partial charge on any atom is -0.489 e. The SMILES string of the molecule is CC#C[C@@H](CC(=O)O)c1ccc(OCc2cccc(C34CCC5(OCCO5)C(C3)O4)c2)cc1. The lowest BCUT2D eigenvalue weighted by Crippen LogP contribution is -2.64. The fraction of sp³-hybridized carbons (Fsp3) is 0.444. The minimum absolute atomic E-state index is 0.00882. The fourth-order valence-corrected chi connectivity index (χ4v) is 5.15.